The van der Waals surface area contributed by atoms with Crippen LogP contribution < -0.4 is 10.1 Å². The van der Waals surface area contributed by atoms with Gasteiger partial charge < -0.3 is 20.3 Å². The molecule has 1 unspecified atom stereocenters. The van der Waals surface area contributed by atoms with Crippen LogP contribution in [0.4, 0.5) is 0 Å². The minimum absolute atomic E-state index is 0.558. The standard InChI is InChI=1S/C19H23NO.C4H4O4/c1-2-15(14-20-17-11-12-17)16-7-6-10-19(13-16)21-18-8-4-3-5-9-18;5-3(6)1-2-4(7)8/h3-10,13,15,17,20H,2,11-12,14H2,1H3;1-2H,(H,5,6)(H,7,8). The van der Waals surface area contributed by atoms with Gasteiger partial charge in [-0.15, -0.1) is 0 Å². The number of carboxylic acid groups (broad SMARTS) is 2. The van der Waals surface area contributed by atoms with Gasteiger partial charge in [0, 0.05) is 24.7 Å². The number of ether oxygens (including phenoxy) is 1. The van der Waals surface area contributed by atoms with E-state index < -0.39 is 11.9 Å². The van der Waals surface area contributed by atoms with E-state index in [1.165, 1.54) is 18.4 Å². The molecule has 0 bridgehead atoms. The number of carboxylic acids is 2. The van der Waals surface area contributed by atoms with Crippen molar-refractivity contribution in [3.05, 3.63) is 72.3 Å². The van der Waals surface area contributed by atoms with Crippen molar-refractivity contribution in [2.45, 2.75) is 38.1 Å². The van der Waals surface area contributed by atoms with Crippen molar-refractivity contribution in [1.82, 2.24) is 5.32 Å². The lowest BCUT2D eigenvalue weighted by Crippen LogP contribution is -2.23. The molecule has 0 aliphatic heterocycles. The molecule has 1 aliphatic carbocycles. The van der Waals surface area contributed by atoms with Crippen LogP contribution in [0.1, 0.15) is 37.7 Å². The summed E-state index contributed by atoms with van der Waals surface area (Å²) in [4.78, 5) is 19.1. The zero-order valence-corrected chi connectivity index (χ0v) is 16.5. The third-order valence-corrected chi connectivity index (χ3v) is 4.40. The first kappa shape index (κ1) is 22.2. The van der Waals surface area contributed by atoms with E-state index in [2.05, 4.69) is 30.4 Å². The zero-order valence-electron chi connectivity index (χ0n) is 16.5. The maximum atomic E-state index is 9.55. The van der Waals surface area contributed by atoms with Crippen molar-refractivity contribution < 1.29 is 24.5 Å². The Labute approximate surface area is 170 Å². The summed E-state index contributed by atoms with van der Waals surface area (Å²) in [6.07, 6.45) is 4.94. The largest absolute Gasteiger partial charge is 0.478 e. The zero-order chi connectivity index (χ0) is 21.1. The van der Waals surface area contributed by atoms with Crippen LogP contribution in [-0.2, 0) is 9.59 Å². The van der Waals surface area contributed by atoms with Gasteiger partial charge in [-0.3, -0.25) is 0 Å². The summed E-state index contributed by atoms with van der Waals surface area (Å²) in [7, 11) is 0. The molecule has 1 atom stereocenters. The van der Waals surface area contributed by atoms with Gasteiger partial charge in [-0.05, 0) is 55.0 Å². The lowest BCUT2D eigenvalue weighted by molar-refractivity contribution is -0.134. The number of rotatable bonds is 9. The van der Waals surface area contributed by atoms with E-state index in [0.717, 1.165) is 30.5 Å². The summed E-state index contributed by atoms with van der Waals surface area (Å²) >= 11 is 0. The van der Waals surface area contributed by atoms with Gasteiger partial charge in [-0.25, -0.2) is 9.59 Å². The normalized spacial score (nSPS) is 14.0. The second kappa shape index (κ2) is 11.7. The van der Waals surface area contributed by atoms with Crippen LogP contribution in [0.15, 0.2) is 66.7 Å². The van der Waals surface area contributed by atoms with E-state index >= 15 is 0 Å². The van der Waals surface area contributed by atoms with E-state index in [4.69, 9.17) is 14.9 Å². The Morgan fingerprint density at radius 3 is 2.21 bits per heavy atom. The number of hydrogen-bond acceptors (Lipinski definition) is 4. The average molecular weight is 397 g/mol. The Balaban J connectivity index is 0.000000321. The maximum Gasteiger partial charge on any atom is 0.328 e. The molecule has 154 valence electrons. The minimum atomic E-state index is -1.26. The summed E-state index contributed by atoms with van der Waals surface area (Å²) in [5.74, 6) is -0.146. The Morgan fingerprint density at radius 2 is 1.66 bits per heavy atom. The van der Waals surface area contributed by atoms with Crippen molar-refractivity contribution in [3.8, 4) is 11.5 Å². The molecule has 29 heavy (non-hydrogen) atoms. The van der Waals surface area contributed by atoms with Gasteiger partial charge in [0.25, 0.3) is 0 Å². The molecular formula is C23H27NO5. The van der Waals surface area contributed by atoms with Gasteiger partial charge in [0.05, 0.1) is 0 Å². The second-order valence-corrected chi connectivity index (χ2v) is 6.79. The third kappa shape index (κ3) is 9.08. The van der Waals surface area contributed by atoms with E-state index in [1.807, 2.05) is 36.4 Å². The lowest BCUT2D eigenvalue weighted by atomic mass is 9.96. The predicted molar refractivity (Wildman–Crippen MR) is 111 cm³/mol. The molecule has 0 amide bonds. The number of aliphatic carboxylic acids is 2. The van der Waals surface area contributed by atoms with Crippen LogP contribution in [0.5, 0.6) is 11.5 Å². The molecule has 1 saturated carbocycles. The summed E-state index contributed by atoms with van der Waals surface area (Å²) in [5, 5.41) is 19.3. The fourth-order valence-electron chi connectivity index (χ4n) is 2.69. The molecule has 2 aromatic rings. The molecule has 0 saturated heterocycles. The van der Waals surface area contributed by atoms with E-state index in [9.17, 15) is 9.59 Å². The lowest BCUT2D eigenvalue weighted by Gasteiger charge is -2.17. The van der Waals surface area contributed by atoms with Crippen molar-refractivity contribution in [2.24, 2.45) is 0 Å². The molecule has 2 aromatic carbocycles. The molecule has 6 nitrogen and oxygen atoms in total. The quantitative estimate of drug-likeness (QED) is 0.542. The van der Waals surface area contributed by atoms with Gasteiger partial charge in [0.15, 0.2) is 0 Å². The highest BCUT2D eigenvalue weighted by Crippen LogP contribution is 2.27. The average Bonchev–Trinajstić information content (AvgIpc) is 3.53. The molecule has 0 spiro atoms. The Hall–Kier alpha value is -3.12. The second-order valence-electron chi connectivity index (χ2n) is 6.79. The monoisotopic (exact) mass is 397 g/mol. The Kier molecular flexibility index (Phi) is 8.92. The molecule has 0 heterocycles. The first-order valence-corrected chi connectivity index (χ1v) is 9.68. The molecule has 0 radical (unpaired) electrons. The smallest absolute Gasteiger partial charge is 0.328 e. The molecule has 3 rings (SSSR count). The molecular weight excluding hydrogens is 370 g/mol. The van der Waals surface area contributed by atoms with Crippen molar-refractivity contribution in [1.29, 1.82) is 0 Å². The highest BCUT2D eigenvalue weighted by atomic mass is 16.5. The summed E-state index contributed by atoms with van der Waals surface area (Å²) in [6.45, 7) is 3.32. The number of nitrogens with one attached hydrogen (secondary N) is 1. The van der Waals surface area contributed by atoms with E-state index in [0.29, 0.717) is 18.1 Å². The third-order valence-electron chi connectivity index (χ3n) is 4.40. The van der Waals surface area contributed by atoms with Gasteiger partial charge in [-0.2, -0.15) is 0 Å². The fourth-order valence-corrected chi connectivity index (χ4v) is 2.69. The number of para-hydroxylation sites is 1. The highest BCUT2D eigenvalue weighted by molar-refractivity contribution is 5.89. The van der Waals surface area contributed by atoms with Crippen LogP contribution in [0.2, 0.25) is 0 Å². The summed E-state index contributed by atoms with van der Waals surface area (Å²) in [5.41, 5.74) is 1.36. The topological polar surface area (TPSA) is 95.9 Å². The SMILES string of the molecule is CCC(CNC1CC1)c1cccc(Oc2ccccc2)c1.O=C(O)C=CC(=O)O. The van der Waals surface area contributed by atoms with E-state index in [-0.39, 0.29) is 0 Å². The van der Waals surface area contributed by atoms with Gasteiger partial charge in [0.1, 0.15) is 11.5 Å². The first-order chi connectivity index (χ1) is 14.0. The first-order valence-electron chi connectivity index (χ1n) is 9.68. The number of carbonyl (C=O) groups is 2. The molecule has 3 N–H and O–H groups in total. The number of hydrogen-bond donors (Lipinski definition) is 3. The minimum Gasteiger partial charge on any atom is -0.478 e. The van der Waals surface area contributed by atoms with E-state index in [1.54, 1.807) is 0 Å². The van der Waals surface area contributed by atoms with Gasteiger partial charge >= 0.3 is 11.9 Å². The van der Waals surface area contributed by atoms with Crippen LogP contribution in [0, 0.1) is 0 Å². The van der Waals surface area contributed by atoms with Crippen molar-refractivity contribution in [2.75, 3.05) is 6.54 Å². The summed E-state index contributed by atoms with van der Waals surface area (Å²) < 4.78 is 5.93. The van der Waals surface area contributed by atoms with Crippen LogP contribution >= 0.6 is 0 Å². The van der Waals surface area contributed by atoms with Crippen molar-refractivity contribution in [3.63, 3.8) is 0 Å². The number of benzene rings is 2. The highest BCUT2D eigenvalue weighted by Gasteiger charge is 2.22. The Morgan fingerprint density at radius 1 is 1.03 bits per heavy atom. The van der Waals surface area contributed by atoms with Gasteiger partial charge in [0.2, 0.25) is 0 Å². The maximum absolute atomic E-state index is 9.55. The van der Waals surface area contributed by atoms with Crippen LogP contribution in [-0.4, -0.2) is 34.7 Å². The fraction of sp³-hybridized carbons (Fsp3) is 0.304. The molecule has 0 aromatic heterocycles. The van der Waals surface area contributed by atoms with Crippen LogP contribution in [0.25, 0.3) is 0 Å². The van der Waals surface area contributed by atoms with Crippen LogP contribution in [0.3, 0.4) is 0 Å². The van der Waals surface area contributed by atoms with Gasteiger partial charge in [-0.1, -0.05) is 37.3 Å². The Bertz CT molecular complexity index is 799. The summed E-state index contributed by atoms with van der Waals surface area (Å²) in [6, 6.07) is 19.2. The molecule has 6 heteroatoms. The molecule has 1 fully saturated rings. The van der Waals surface area contributed by atoms with Crippen molar-refractivity contribution >= 4 is 11.9 Å². The molecule has 1 aliphatic rings. The predicted octanol–water partition coefficient (Wildman–Crippen LogP) is 4.44.